The highest BCUT2D eigenvalue weighted by molar-refractivity contribution is 5.61. The molecule has 0 radical (unpaired) electrons. The highest BCUT2D eigenvalue weighted by Gasteiger charge is 2.19. The molecule has 0 atom stereocenters. The fourth-order valence-corrected chi connectivity index (χ4v) is 3.85. The maximum Gasteiger partial charge on any atom is 0.251 e. The molecule has 0 spiro atoms. The number of rotatable bonds is 8. The lowest BCUT2D eigenvalue weighted by molar-refractivity contribution is 0.190. The Balaban J connectivity index is 1.50. The Morgan fingerprint density at radius 3 is 2.73 bits per heavy atom. The molecule has 1 fully saturated rings. The molecule has 1 aliphatic heterocycles. The standard InChI is InChI=1S/C24H33N5O/c1-4-5-6-23-22(25)7-8-24(30)29(23)14-13-28-11-9-21(10-12-28)27-17-20-15-18(2)19(3)26-16-20/h4-8,15-16,21,27H,1,9-14,17,25H2,2-3H3/b6-5-. The van der Waals surface area contributed by atoms with Gasteiger partial charge < -0.3 is 20.5 Å². The van der Waals surface area contributed by atoms with Gasteiger partial charge in [0.2, 0.25) is 0 Å². The van der Waals surface area contributed by atoms with Gasteiger partial charge in [-0.15, -0.1) is 0 Å². The summed E-state index contributed by atoms with van der Waals surface area (Å²) in [6.45, 7) is 12.2. The Bertz CT molecular complexity index is 955. The zero-order valence-corrected chi connectivity index (χ0v) is 18.1. The van der Waals surface area contributed by atoms with E-state index < -0.39 is 0 Å². The number of nitrogens with two attached hydrogens (primary N) is 1. The molecule has 0 saturated carbocycles. The van der Waals surface area contributed by atoms with E-state index in [0.29, 0.717) is 18.3 Å². The van der Waals surface area contributed by atoms with Crippen LogP contribution in [-0.4, -0.2) is 40.1 Å². The minimum absolute atomic E-state index is 0.0218. The number of allylic oxidation sites excluding steroid dienone is 2. The van der Waals surface area contributed by atoms with E-state index in [-0.39, 0.29) is 5.56 Å². The lowest BCUT2D eigenvalue weighted by atomic mass is 10.0. The summed E-state index contributed by atoms with van der Waals surface area (Å²) < 4.78 is 1.76. The van der Waals surface area contributed by atoms with Gasteiger partial charge in [0.15, 0.2) is 0 Å². The van der Waals surface area contributed by atoms with E-state index >= 15 is 0 Å². The molecular weight excluding hydrogens is 374 g/mol. The second-order valence-corrected chi connectivity index (χ2v) is 8.00. The van der Waals surface area contributed by atoms with Crippen molar-refractivity contribution < 1.29 is 0 Å². The van der Waals surface area contributed by atoms with E-state index in [4.69, 9.17) is 5.73 Å². The van der Waals surface area contributed by atoms with E-state index in [1.54, 1.807) is 22.8 Å². The van der Waals surface area contributed by atoms with Crippen molar-refractivity contribution in [1.29, 1.82) is 0 Å². The first-order valence-electron chi connectivity index (χ1n) is 10.6. The SMILES string of the molecule is C=C/C=C\c1c(N)ccc(=O)n1CCN1CCC(NCc2cnc(C)c(C)c2)CC1. The van der Waals surface area contributed by atoms with Crippen molar-refractivity contribution in [3.8, 4) is 0 Å². The molecule has 0 aromatic carbocycles. The van der Waals surface area contributed by atoms with Gasteiger partial charge in [-0.3, -0.25) is 9.78 Å². The first-order chi connectivity index (χ1) is 14.5. The number of anilines is 1. The van der Waals surface area contributed by atoms with Crippen LogP contribution < -0.4 is 16.6 Å². The molecule has 6 heteroatoms. The number of likely N-dealkylation sites (tertiary alicyclic amines) is 1. The van der Waals surface area contributed by atoms with E-state index in [2.05, 4.69) is 34.8 Å². The number of aromatic nitrogens is 2. The monoisotopic (exact) mass is 407 g/mol. The number of nitrogens with one attached hydrogen (secondary N) is 1. The van der Waals surface area contributed by atoms with E-state index in [1.165, 1.54) is 11.1 Å². The molecule has 160 valence electrons. The molecule has 30 heavy (non-hydrogen) atoms. The number of hydrogen-bond donors (Lipinski definition) is 2. The van der Waals surface area contributed by atoms with Crippen LogP contribution in [0.1, 0.15) is 35.4 Å². The van der Waals surface area contributed by atoms with Gasteiger partial charge in [0.1, 0.15) is 0 Å². The van der Waals surface area contributed by atoms with Gasteiger partial charge in [-0.1, -0.05) is 24.8 Å². The minimum atomic E-state index is -0.0218. The summed E-state index contributed by atoms with van der Waals surface area (Å²) in [6, 6.07) is 5.94. The van der Waals surface area contributed by atoms with Gasteiger partial charge in [0, 0.05) is 43.6 Å². The Labute approximate surface area is 179 Å². The van der Waals surface area contributed by atoms with Crippen LogP contribution in [0.2, 0.25) is 0 Å². The number of pyridine rings is 2. The van der Waals surface area contributed by atoms with Gasteiger partial charge >= 0.3 is 0 Å². The van der Waals surface area contributed by atoms with Crippen LogP contribution in [0.4, 0.5) is 5.69 Å². The van der Waals surface area contributed by atoms with Crippen molar-refractivity contribution in [1.82, 2.24) is 19.8 Å². The molecule has 0 bridgehead atoms. The average Bonchev–Trinajstić information content (AvgIpc) is 2.75. The third kappa shape index (κ3) is 5.68. The first kappa shape index (κ1) is 22.0. The van der Waals surface area contributed by atoms with Gasteiger partial charge in [-0.05, 0) is 63.0 Å². The number of aryl methyl sites for hydroxylation is 2. The lowest BCUT2D eigenvalue weighted by Crippen LogP contribution is -2.43. The highest BCUT2D eigenvalue weighted by atomic mass is 16.1. The molecule has 1 aliphatic rings. The second-order valence-electron chi connectivity index (χ2n) is 8.00. The van der Waals surface area contributed by atoms with Crippen LogP contribution in [0.25, 0.3) is 6.08 Å². The fourth-order valence-electron chi connectivity index (χ4n) is 3.85. The molecule has 1 saturated heterocycles. The molecular formula is C24H33N5O. The zero-order chi connectivity index (χ0) is 21.5. The van der Waals surface area contributed by atoms with E-state index in [0.717, 1.165) is 50.4 Å². The van der Waals surface area contributed by atoms with Gasteiger partial charge in [0.05, 0.1) is 11.4 Å². The Kier molecular flexibility index (Phi) is 7.60. The van der Waals surface area contributed by atoms with Crippen LogP contribution in [0.5, 0.6) is 0 Å². The van der Waals surface area contributed by atoms with Crippen LogP contribution in [0.3, 0.4) is 0 Å². The predicted molar refractivity (Wildman–Crippen MR) is 124 cm³/mol. The molecule has 3 heterocycles. The summed E-state index contributed by atoms with van der Waals surface area (Å²) >= 11 is 0. The van der Waals surface area contributed by atoms with Crippen molar-refractivity contribution in [2.75, 3.05) is 25.4 Å². The van der Waals surface area contributed by atoms with Crippen molar-refractivity contribution in [2.45, 2.75) is 45.8 Å². The van der Waals surface area contributed by atoms with Crippen LogP contribution in [-0.2, 0) is 13.1 Å². The summed E-state index contributed by atoms with van der Waals surface area (Å²) in [6.07, 6.45) is 9.52. The van der Waals surface area contributed by atoms with Crippen LogP contribution >= 0.6 is 0 Å². The Hall–Kier alpha value is -2.70. The molecule has 6 nitrogen and oxygen atoms in total. The summed E-state index contributed by atoms with van der Waals surface area (Å²) in [5.74, 6) is 0. The summed E-state index contributed by atoms with van der Waals surface area (Å²) in [5.41, 5.74) is 11.0. The predicted octanol–water partition coefficient (Wildman–Crippen LogP) is 2.90. The largest absolute Gasteiger partial charge is 0.397 e. The maximum absolute atomic E-state index is 12.4. The van der Waals surface area contributed by atoms with Crippen LogP contribution in [0.15, 0.2) is 47.9 Å². The summed E-state index contributed by atoms with van der Waals surface area (Å²) in [7, 11) is 0. The quantitative estimate of drug-likeness (QED) is 0.658. The number of hydrogen-bond acceptors (Lipinski definition) is 5. The number of piperidine rings is 1. The van der Waals surface area contributed by atoms with Gasteiger partial charge in [0.25, 0.3) is 5.56 Å². The van der Waals surface area contributed by atoms with Crippen molar-refractivity contribution >= 4 is 11.8 Å². The van der Waals surface area contributed by atoms with E-state index in [9.17, 15) is 4.79 Å². The Morgan fingerprint density at radius 1 is 1.27 bits per heavy atom. The molecule has 0 unspecified atom stereocenters. The molecule has 3 rings (SSSR count). The van der Waals surface area contributed by atoms with Gasteiger partial charge in [-0.2, -0.15) is 0 Å². The molecule has 3 N–H and O–H groups in total. The number of nitrogen functional groups attached to an aromatic ring is 1. The molecule has 0 aliphatic carbocycles. The van der Waals surface area contributed by atoms with Crippen molar-refractivity contribution in [3.63, 3.8) is 0 Å². The smallest absolute Gasteiger partial charge is 0.251 e. The van der Waals surface area contributed by atoms with E-state index in [1.807, 2.05) is 25.3 Å². The Morgan fingerprint density at radius 2 is 2.03 bits per heavy atom. The lowest BCUT2D eigenvalue weighted by Gasteiger charge is -2.32. The summed E-state index contributed by atoms with van der Waals surface area (Å²) in [5, 5.41) is 3.67. The zero-order valence-electron chi connectivity index (χ0n) is 18.1. The topological polar surface area (TPSA) is 76.2 Å². The first-order valence-corrected chi connectivity index (χ1v) is 10.6. The van der Waals surface area contributed by atoms with Crippen molar-refractivity contribution in [2.24, 2.45) is 0 Å². The van der Waals surface area contributed by atoms with Crippen LogP contribution in [0, 0.1) is 13.8 Å². The molecule has 2 aromatic rings. The molecule has 0 amide bonds. The fraction of sp³-hybridized carbons (Fsp3) is 0.417. The van der Waals surface area contributed by atoms with Gasteiger partial charge in [-0.25, -0.2) is 0 Å². The molecule has 2 aromatic heterocycles. The average molecular weight is 408 g/mol. The summed E-state index contributed by atoms with van der Waals surface area (Å²) in [4.78, 5) is 19.2. The number of nitrogens with zero attached hydrogens (tertiary/aromatic N) is 3. The van der Waals surface area contributed by atoms with Crippen molar-refractivity contribution in [3.05, 3.63) is 76.0 Å². The highest BCUT2D eigenvalue weighted by Crippen LogP contribution is 2.14. The maximum atomic E-state index is 12.4. The second kappa shape index (κ2) is 10.4. The third-order valence-corrected chi connectivity index (χ3v) is 5.87. The normalized spacial score (nSPS) is 15.7. The third-order valence-electron chi connectivity index (χ3n) is 5.87. The minimum Gasteiger partial charge on any atom is -0.397 e.